The van der Waals surface area contributed by atoms with Crippen molar-refractivity contribution in [3.05, 3.63) is 54.2 Å². The molecule has 2 aromatic heterocycles. The number of likely N-dealkylation sites (tertiary alicyclic amines) is 1. The molecule has 4 amide bonds. The van der Waals surface area contributed by atoms with Gasteiger partial charge in [0, 0.05) is 31.5 Å². The Morgan fingerprint density at radius 1 is 1.38 bits per heavy atom. The highest BCUT2D eigenvalue weighted by Crippen LogP contribution is 2.44. The number of thiophene rings is 1. The van der Waals surface area contributed by atoms with Crippen LogP contribution in [-0.4, -0.2) is 53.1 Å². The number of anilines is 2. The molecule has 0 bridgehead atoms. The maximum absolute atomic E-state index is 13.1. The second-order valence-corrected chi connectivity index (χ2v) is 8.35. The van der Waals surface area contributed by atoms with Gasteiger partial charge < -0.3 is 20.9 Å². The smallest absolute Gasteiger partial charge is 0.331 e. The first-order valence-corrected chi connectivity index (χ1v) is 10.9. The lowest BCUT2D eigenvalue weighted by atomic mass is 10.1. The van der Waals surface area contributed by atoms with E-state index >= 15 is 0 Å². The fourth-order valence-corrected chi connectivity index (χ4v) is 5.01. The topological polar surface area (TPSA) is 118 Å². The van der Waals surface area contributed by atoms with Gasteiger partial charge in [0.05, 0.1) is 22.5 Å². The number of rotatable bonds is 6. The Labute approximate surface area is 188 Å². The molecule has 2 aliphatic rings. The van der Waals surface area contributed by atoms with Crippen LogP contribution in [-0.2, 0) is 4.79 Å². The fraction of sp³-hybridized carbons (Fsp3) is 0.227. The molecule has 0 aliphatic carbocycles. The summed E-state index contributed by atoms with van der Waals surface area (Å²) in [6.45, 7) is 8.21. The van der Waals surface area contributed by atoms with Crippen molar-refractivity contribution >= 4 is 57.0 Å². The number of hydrogen-bond acceptors (Lipinski definition) is 6. The van der Waals surface area contributed by atoms with Crippen LogP contribution in [0.5, 0.6) is 0 Å². The number of piperidine rings is 1. The van der Waals surface area contributed by atoms with Crippen molar-refractivity contribution < 1.29 is 14.4 Å². The molecule has 9 nitrogen and oxygen atoms in total. The van der Waals surface area contributed by atoms with E-state index in [4.69, 9.17) is 5.41 Å². The Hall–Kier alpha value is -3.79. The molecular formula is C22H22N6O3S. The number of aromatic nitrogens is 1. The lowest BCUT2D eigenvalue weighted by molar-refractivity contribution is -0.127. The minimum atomic E-state index is -0.477. The first-order valence-electron chi connectivity index (χ1n) is 10.1. The van der Waals surface area contributed by atoms with Crippen LogP contribution < -0.4 is 15.5 Å². The lowest BCUT2D eigenvalue weighted by Crippen LogP contribution is -2.49. The average molecular weight is 451 g/mol. The maximum atomic E-state index is 13.1. The first-order chi connectivity index (χ1) is 15.5. The largest absolute Gasteiger partial charge is 0.347 e. The van der Waals surface area contributed by atoms with Gasteiger partial charge in [-0.05, 0) is 31.1 Å². The molecule has 1 saturated heterocycles. The molecule has 2 aliphatic heterocycles. The Morgan fingerprint density at radius 3 is 2.91 bits per heavy atom. The predicted octanol–water partition coefficient (Wildman–Crippen LogP) is 3.27. The van der Waals surface area contributed by atoms with Gasteiger partial charge in [0.2, 0.25) is 5.91 Å². The van der Waals surface area contributed by atoms with E-state index in [-0.39, 0.29) is 17.9 Å². The van der Waals surface area contributed by atoms with Gasteiger partial charge in [-0.15, -0.1) is 11.3 Å². The molecule has 164 valence electrons. The number of hydrogen-bond donors (Lipinski definition) is 3. The molecule has 0 spiro atoms. The Morgan fingerprint density at radius 2 is 2.19 bits per heavy atom. The van der Waals surface area contributed by atoms with Gasteiger partial charge in [-0.25, -0.2) is 9.78 Å². The number of pyridine rings is 1. The van der Waals surface area contributed by atoms with E-state index in [2.05, 4.69) is 28.8 Å². The van der Waals surface area contributed by atoms with Crippen LogP contribution in [0.3, 0.4) is 0 Å². The summed E-state index contributed by atoms with van der Waals surface area (Å²) < 4.78 is 0. The zero-order valence-electron chi connectivity index (χ0n) is 17.3. The normalized spacial score (nSPS) is 18.2. The maximum Gasteiger partial charge on any atom is 0.331 e. The third-order valence-electron chi connectivity index (χ3n) is 5.39. The highest BCUT2D eigenvalue weighted by Gasteiger charge is 2.34. The van der Waals surface area contributed by atoms with E-state index in [0.717, 1.165) is 19.1 Å². The van der Waals surface area contributed by atoms with Crippen molar-refractivity contribution in [2.45, 2.75) is 18.9 Å². The van der Waals surface area contributed by atoms with Crippen LogP contribution in [0.15, 0.2) is 49.3 Å². The average Bonchev–Trinajstić information content (AvgIpc) is 3.17. The summed E-state index contributed by atoms with van der Waals surface area (Å²) in [5.41, 5.74) is 1.28. The van der Waals surface area contributed by atoms with E-state index in [9.17, 15) is 14.4 Å². The molecule has 1 atom stereocenters. The van der Waals surface area contributed by atoms with E-state index in [0.29, 0.717) is 45.3 Å². The molecule has 1 fully saturated rings. The van der Waals surface area contributed by atoms with Crippen LogP contribution in [0.2, 0.25) is 0 Å². The standard InChI is InChI=1S/C22H22N6O3S/c1-3-6-14(11-23)28-15-8-9-24-21-17(15)18(26-22(28)31)19(32-21)20(30)25-13-7-5-10-27(12-13)16(29)4-2/h3-4,6,8-9,11,13,23H,1-2,5,7,10,12H2,(H,25,30)(H,26,31)/b14-6+,23-11?/t13-/m1/s1. The number of carbonyl (C=O) groups excluding carboxylic acids is 3. The molecule has 10 heteroatoms. The molecule has 3 N–H and O–H groups in total. The molecule has 2 aromatic rings. The van der Waals surface area contributed by atoms with Gasteiger partial charge in [0.15, 0.2) is 0 Å². The highest BCUT2D eigenvalue weighted by atomic mass is 32.1. The van der Waals surface area contributed by atoms with Gasteiger partial charge in [-0.1, -0.05) is 19.2 Å². The zero-order valence-corrected chi connectivity index (χ0v) is 18.1. The van der Waals surface area contributed by atoms with Crippen molar-refractivity contribution in [2.75, 3.05) is 23.3 Å². The van der Waals surface area contributed by atoms with Gasteiger partial charge >= 0.3 is 6.03 Å². The number of nitrogens with one attached hydrogen (secondary N) is 3. The van der Waals surface area contributed by atoms with Crippen molar-refractivity contribution in [1.82, 2.24) is 15.2 Å². The molecule has 4 rings (SSSR count). The molecule has 0 radical (unpaired) electrons. The summed E-state index contributed by atoms with van der Waals surface area (Å²) in [4.78, 5) is 46.4. The lowest BCUT2D eigenvalue weighted by Gasteiger charge is -2.32. The van der Waals surface area contributed by atoms with Crippen LogP contribution in [0, 0.1) is 5.41 Å². The summed E-state index contributed by atoms with van der Waals surface area (Å²) >= 11 is 1.19. The van der Waals surface area contributed by atoms with Crippen LogP contribution >= 0.6 is 11.3 Å². The quantitative estimate of drug-likeness (QED) is 0.355. The van der Waals surface area contributed by atoms with Crippen LogP contribution in [0.1, 0.15) is 22.5 Å². The number of allylic oxidation sites excluding steroid dienone is 3. The van der Waals surface area contributed by atoms with E-state index < -0.39 is 6.03 Å². The summed E-state index contributed by atoms with van der Waals surface area (Å²) in [6.07, 6.45) is 8.51. The van der Waals surface area contributed by atoms with Gasteiger partial charge in [0.25, 0.3) is 5.91 Å². The van der Waals surface area contributed by atoms with Gasteiger partial charge in [0.1, 0.15) is 9.71 Å². The summed E-state index contributed by atoms with van der Waals surface area (Å²) in [7, 11) is 0. The minimum Gasteiger partial charge on any atom is -0.347 e. The van der Waals surface area contributed by atoms with E-state index in [1.807, 2.05) is 0 Å². The number of carbonyl (C=O) groups is 3. The Kier molecular flexibility index (Phi) is 5.87. The summed E-state index contributed by atoms with van der Waals surface area (Å²) in [5, 5.41) is 14.1. The Bertz CT molecular complexity index is 1180. The second-order valence-electron chi connectivity index (χ2n) is 7.35. The van der Waals surface area contributed by atoms with Gasteiger partial charge in [-0.2, -0.15) is 0 Å². The van der Waals surface area contributed by atoms with Crippen molar-refractivity contribution in [1.29, 1.82) is 5.41 Å². The monoisotopic (exact) mass is 450 g/mol. The first kappa shape index (κ1) is 21.4. The predicted molar refractivity (Wildman–Crippen MR) is 125 cm³/mol. The molecular weight excluding hydrogens is 428 g/mol. The molecule has 0 aromatic carbocycles. The van der Waals surface area contributed by atoms with Crippen LogP contribution in [0.25, 0.3) is 10.2 Å². The third-order valence-corrected chi connectivity index (χ3v) is 6.49. The summed E-state index contributed by atoms with van der Waals surface area (Å²) in [5.74, 6) is -0.480. The summed E-state index contributed by atoms with van der Waals surface area (Å²) in [6, 6.07) is 1.01. The van der Waals surface area contributed by atoms with Crippen molar-refractivity contribution in [3.8, 4) is 0 Å². The minimum absolute atomic E-state index is 0.156. The Balaban J connectivity index is 1.67. The number of amides is 4. The van der Waals surface area contributed by atoms with Gasteiger partial charge in [-0.3, -0.25) is 14.5 Å². The van der Waals surface area contributed by atoms with Crippen molar-refractivity contribution in [3.63, 3.8) is 0 Å². The molecule has 4 heterocycles. The fourth-order valence-electron chi connectivity index (χ4n) is 3.98. The SMILES string of the molecule is C=C/C=C(\C=N)N1C(=O)Nc2c(C(=O)N[C@@H]3CCCN(C(=O)C=C)C3)sc3nccc1c23. The molecule has 32 heavy (non-hydrogen) atoms. The van der Waals surface area contributed by atoms with Crippen molar-refractivity contribution in [2.24, 2.45) is 0 Å². The number of urea groups is 1. The third kappa shape index (κ3) is 3.69. The molecule has 0 unspecified atom stereocenters. The van der Waals surface area contributed by atoms with E-state index in [1.165, 1.54) is 28.4 Å². The van der Waals surface area contributed by atoms with E-state index in [1.54, 1.807) is 23.2 Å². The number of nitrogens with zero attached hydrogens (tertiary/aromatic N) is 3. The zero-order chi connectivity index (χ0) is 22.8. The molecule has 0 saturated carbocycles. The highest BCUT2D eigenvalue weighted by molar-refractivity contribution is 7.21. The van der Waals surface area contributed by atoms with Crippen LogP contribution in [0.4, 0.5) is 16.2 Å². The second kappa shape index (κ2) is 8.75.